The summed E-state index contributed by atoms with van der Waals surface area (Å²) >= 11 is 12.6. The van der Waals surface area contributed by atoms with Crippen molar-refractivity contribution in [3.8, 4) is 17.0 Å². The summed E-state index contributed by atoms with van der Waals surface area (Å²) in [5, 5.41) is 0.645. The maximum Gasteiger partial charge on any atom is 0.213 e. The molecule has 24 heavy (non-hydrogen) atoms. The Kier molecular flexibility index (Phi) is 5.08. The van der Waals surface area contributed by atoms with Crippen LogP contribution < -0.4 is 4.74 Å². The van der Waals surface area contributed by atoms with Gasteiger partial charge in [0, 0.05) is 17.5 Å². The molecular formula is C20H23Cl2NO. The minimum absolute atomic E-state index is 0.281. The van der Waals surface area contributed by atoms with E-state index in [-0.39, 0.29) is 5.41 Å². The van der Waals surface area contributed by atoms with Gasteiger partial charge >= 0.3 is 0 Å². The van der Waals surface area contributed by atoms with Gasteiger partial charge in [0.05, 0.1) is 18.3 Å². The van der Waals surface area contributed by atoms with E-state index >= 15 is 0 Å². The molecule has 1 aliphatic carbocycles. The van der Waals surface area contributed by atoms with Crippen molar-refractivity contribution >= 4 is 23.2 Å². The van der Waals surface area contributed by atoms with Crippen LogP contribution in [0.25, 0.3) is 11.1 Å². The van der Waals surface area contributed by atoms with Gasteiger partial charge in [0.25, 0.3) is 0 Å². The number of ether oxygens (including phenoxy) is 1. The minimum atomic E-state index is 0.281. The summed E-state index contributed by atoms with van der Waals surface area (Å²) in [6, 6.07) is 8.39. The lowest BCUT2D eigenvalue weighted by atomic mass is 9.75. The maximum absolute atomic E-state index is 6.47. The fraction of sp³-hybridized carbons (Fsp3) is 0.450. The molecule has 0 radical (unpaired) electrons. The molecule has 1 aliphatic rings. The molecule has 0 saturated heterocycles. The molecule has 0 N–H and O–H groups in total. The number of halogens is 2. The van der Waals surface area contributed by atoms with Crippen molar-refractivity contribution in [2.24, 2.45) is 5.41 Å². The zero-order valence-corrected chi connectivity index (χ0v) is 15.9. The van der Waals surface area contributed by atoms with Crippen LogP contribution in [-0.4, -0.2) is 12.1 Å². The van der Waals surface area contributed by atoms with Crippen LogP contribution in [0, 0.1) is 5.41 Å². The van der Waals surface area contributed by atoms with Crippen molar-refractivity contribution in [3.05, 3.63) is 46.6 Å². The number of benzene rings is 1. The summed E-state index contributed by atoms with van der Waals surface area (Å²) in [6.07, 6.45) is 5.37. The van der Waals surface area contributed by atoms with Gasteiger partial charge in [0.2, 0.25) is 5.88 Å². The quantitative estimate of drug-likeness (QED) is 0.582. The standard InChI is InChI=1S/C20H23Cl2NO/c1-20(2)8-4-5-17(20)15-9-13(11-21)6-7-14(15)16-10-19(24-3)23-12-18(16)22/h6-7,9-10,12,17H,4-5,8,11H2,1-3H3/t17-/m0/s1. The summed E-state index contributed by atoms with van der Waals surface area (Å²) in [5.74, 6) is 1.60. The predicted molar refractivity (Wildman–Crippen MR) is 101 cm³/mol. The van der Waals surface area contributed by atoms with Crippen LogP contribution in [0.2, 0.25) is 5.02 Å². The third kappa shape index (κ3) is 3.27. The van der Waals surface area contributed by atoms with Crippen molar-refractivity contribution in [3.63, 3.8) is 0 Å². The molecule has 1 heterocycles. The molecule has 0 unspecified atom stereocenters. The van der Waals surface area contributed by atoms with Crippen molar-refractivity contribution < 1.29 is 4.74 Å². The minimum Gasteiger partial charge on any atom is -0.481 e. The largest absolute Gasteiger partial charge is 0.481 e. The van der Waals surface area contributed by atoms with Gasteiger partial charge in [-0.1, -0.05) is 50.1 Å². The summed E-state index contributed by atoms with van der Waals surface area (Å²) in [5.41, 5.74) is 4.90. The zero-order valence-electron chi connectivity index (χ0n) is 14.4. The third-order valence-electron chi connectivity index (χ3n) is 5.23. The molecule has 0 aliphatic heterocycles. The molecule has 0 spiro atoms. The first kappa shape index (κ1) is 17.6. The number of pyridine rings is 1. The first-order chi connectivity index (χ1) is 11.5. The van der Waals surface area contributed by atoms with E-state index in [9.17, 15) is 0 Å². The highest BCUT2D eigenvalue weighted by molar-refractivity contribution is 6.33. The normalized spacial score (nSPS) is 19.5. The maximum atomic E-state index is 6.47. The van der Waals surface area contributed by atoms with Gasteiger partial charge in [0.15, 0.2) is 0 Å². The Morgan fingerprint density at radius 3 is 2.67 bits per heavy atom. The summed E-state index contributed by atoms with van der Waals surface area (Å²) in [7, 11) is 1.62. The highest BCUT2D eigenvalue weighted by atomic mass is 35.5. The molecule has 1 saturated carbocycles. The molecule has 2 aromatic rings. The highest BCUT2D eigenvalue weighted by Gasteiger charge is 2.37. The lowest BCUT2D eigenvalue weighted by Crippen LogP contribution is -2.16. The Balaban J connectivity index is 2.18. The van der Waals surface area contributed by atoms with Crippen LogP contribution in [0.5, 0.6) is 5.88 Å². The Morgan fingerprint density at radius 1 is 1.25 bits per heavy atom. The molecule has 1 fully saturated rings. The molecule has 1 aromatic heterocycles. The van der Waals surface area contributed by atoms with E-state index in [4.69, 9.17) is 27.9 Å². The smallest absolute Gasteiger partial charge is 0.213 e. The van der Waals surface area contributed by atoms with Gasteiger partial charge in [-0.05, 0) is 40.9 Å². The Bertz CT molecular complexity index is 742. The first-order valence-corrected chi connectivity index (χ1v) is 9.26. The van der Waals surface area contributed by atoms with Crippen molar-refractivity contribution in [1.82, 2.24) is 4.98 Å². The van der Waals surface area contributed by atoms with E-state index < -0.39 is 0 Å². The van der Waals surface area contributed by atoms with Crippen LogP contribution in [-0.2, 0) is 5.88 Å². The number of methoxy groups -OCH3 is 1. The van der Waals surface area contributed by atoms with Crippen LogP contribution in [0.4, 0.5) is 0 Å². The molecule has 1 aromatic carbocycles. The second-order valence-electron chi connectivity index (χ2n) is 7.20. The SMILES string of the molecule is COc1cc(-c2ccc(CCl)cc2[C@@H]2CCCC2(C)C)c(Cl)cn1. The van der Waals surface area contributed by atoms with Crippen LogP contribution >= 0.6 is 23.2 Å². The van der Waals surface area contributed by atoms with Crippen molar-refractivity contribution in [1.29, 1.82) is 0 Å². The molecule has 0 amide bonds. The van der Waals surface area contributed by atoms with Crippen molar-refractivity contribution in [2.75, 3.05) is 7.11 Å². The number of rotatable bonds is 4. The third-order valence-corrected chi connectivity index (χ3v) is 5.84. The van der Waals surface area contributed by atoms with Gasteiger partial charge in [-0.2, -0.15) is 0 Å². The van der Waals surface area contributed by atoms with E-state index in [1.54, 1.807) is 13.3 Å². The fourth-order valence-corrected chi connectivity index (χ4v) is 4.24. The van der Waals surface area contributed by atoms with Gasteiger partial charge in [-0.15, -0.1) is 11.6 Å². The molecule has 1 atom stereocenters. The second-order valence-corrected chi connectivity index (χ2v) is 7.87. The molecule has 4 heteroatoms. The second kappa shape index (κ2) is 6.93. The van der Waals surface area contributed by atoms with Gasteiger partial charge < -0.3 is 4.74 Å². The number of hydrogen-bond acceptors (Lipinski definition) is 2. The Labute approximate surface area is 154 Å². The number of hydrogen-bond donors (Lipinski definition) is 0. The predicted octanol–water partition coefficient (Wildman–Crippen LogP) is 6.44. The van der Waals surface area contributed by atoms with Gasteiger partial charge in [-0.25, -0.2) is 4.98 Å². The van der Waals surface area contributed by atoms with Crippen LogP contribution in [0.1, 0.15) is 50.2 Å². The molecule has 2 nitrogen and oxygen atoms in total. The van der Waals surface area contributed by atoms with E-state index in [0.29, 0.717) is 22.7 Å². The average Bonchev–Trinajstić information content (AvgIpc) is 2.94. The molecule has 0 bridgehead atoms. The van der Waals surface area contributed by atoms with E-state index in [2.05, 4.69) is 37.0 Å². The monoisotopic (exact) mass is 363 g/mol. The van der Waals surface area contributed by atoms with E-state index in [1.807, 2.05) is 6.07 Å². The lowest BCUT2D eigenvalue weighted by molar-refractivity contribution is 0.333. The first-order valence-electron chi connectivity index (χ1n) is 8.35. The highest BCUT2D eigenvalue weighted by Crippen LogP contribution is 2.51. The molecule has 3 rings (SSSR count). The van der Waals surface area contributed by atoms with Crippen molar-refractivity contribution in [2.45, 2.75) is 44.9 Å². The lowest BCUT2D eigenvalue weighted by Gasteiger charge is -2.30. The summed E-state index contributed by atoms with van der Waals surface area (Å²) < 4.78 is 5.29. The Morgan fingerprint density at radius 2 is 2.04 bits per heavy atom. The molecular weight excluding hydrogens is 341 g/mol. The van der Waals surface area contributed by atoms with Gasteiger partial charge in [0.1, 0.15) is 0 Å². The number of alkyl halides is 1. The molecule has 128 valence electrons. The van der Waals surface area contributed by atoms with E-state index in [1.165, 1.54) is 24.8 Å². The topological polar surface area (TPSA) is 22.1 Å². The van der Waals surface area contributed by atoms with E-state index in [0.717, 1.165) is 16.7 Å². The average molecular weight is 364 g/mol. The summed E-state index contributed by atoms with van der Waals surface area (Å²) in [6.45, 7) is 4.72. The Hall–Kier alpha value is -1.25. The van der Waals surface area contributed by atoms with Crippen LogP contribution in [0.15, 0.2) is 30.5 Å². The fourth-order valence-electron chi connectivity index (χ4n) is 3.87. The number of nitrogens with zero attached hydrogens (tertiary/aromatic N) is 1. The van der Waals surface area contributed by atoms with Gasteiger partial charge in [-0.3, -0.25) is 0 Å². The number of aromatic nitrogens is 1. The summed E-state index contributed by atoms with van der Waals surface area (Å²) in [4.78, 5) is 4.20. The van der Waals surface area contributed by atoms with Crippen LogP contribution in [0.3, 0.4) is 0 Å². The zero-order chi connectivity index (χ0) is 17.3.